The van der Waals surface area contributed by atoms with Crippen LogP contribution in [0.25, 0.3) is 11.0 Å². The zero-order valence-electron chi connectivity index (χ0n) is 11.7. The van der Waals surface area contributed by atoms with Crippen molar-refractivity contribution in [3.63, 3.8) is 0 Å². The molecule has 1 aromatic carbocycles. The number of benzene rings is 1. The summed E-state index contributed by atoms with van der Waals surface area (Å²) in [5.41, 5.74) is 1.69. The molecule has 0 amide bonds. The van der Waals surface area contributed by atoms with E-state index in [1.54, 1.807) is 0 Å². The first-order chi connectivity index (χ1) is 9.57. The molecule has 0 bridgehead atoms. The van der Waals surface area contributed by atoms with Gasteiger partial charge in [-0.2, -0.15) is 0 Å². The fourth-order valence-electron chi connectivity index (χ4n) is 2.65. The Morgan fingerprint density at radius 2 is 2.10 bits per heavy atom. The number of alkyl halides is 1. The van der Waals surface area contributed by atoms with Crippen molar-refractivity contribution in [1.29, 1.82) is 0 Å². The van der Waals surface area contributed by atoms with Gasteiger partial charge in [0.2, 0.25) is 0 Å². The summed E-state index contributed by atoms with van der Waals surface area (Å²) in [6.07, 6.45) is 2.03. The second-order valence-electron chi connectivity index (χ2n) is 5.75. The highest BCUT2D eigenvalue weighted by Crippen LogP contribution is 2.26. The van der Waals surface area contributed by atoms with Crippen molar-refractivity contribution < 1.29 is 4.74 Å². The van der Waals surface area contributed by atoms with E-state index in [9.17, 15) is 0 Å². The monoisotopic (exact) mass is 335 g/mol. The van der Waals surface area contributed by atoms with Gasteiger partial charge in [0.1, 0.15) is 5.82 Å². The van der Waals surface area contributed by atoms with Gasteiger partial charge in [-0.3, -0.25) is 4.98 Å². The van der Waals surface area contributed by atoms with E-state index in [1.165, 1.54) is 0 Å². The van der Waals surface area contributed by atoms with Gasteiger partial charge in [-0.05, 0) is 26.0 Å². The average molecular weight is 336 g/mol. The van der Waals surface area contributed by atoms with Crippen LogP contribution < -0.4 is 4.90 Å². The van der Waals surface area contributed by atoms with Gasteiger partial charge < -0.3 is 9.64 Å². The quantitative estimate of drug-likeness (QED) is 0.791. The molecule has 0 saturated carbocycles. The maximum absolute atomic E-state index is 6.03. The standard InChI is InChI=1S/C15H18BrN3O/c1-15(2)10-19(9-11(7-16)20-15)14-8-17-12-5-3-4-6-13(12)18-14/h3-6,8,11H,7,9-10H2,1-2H3. The number of hydrogen-bond donors (Lipinski definition) is 0. The van der Waals surface area contributed by atoms with Crippen LogP contribution in [-0.4, -0.2) is 40.1 Å². The largest absolute Gasteiger partial charge is 0.368 e. The molecule has 5 heteroatoms. The maximum Gasteiger partial charge on any atom is 0.148 e. The predicted molar refractivity (Wildman–Crippen MR) is 84.5 cm³/mol. The van der Waals surface area contributed by atoms with Crippen molar-refractivity contribution in [2.24, 2.45) is 0 Å². The molecular weight excluding hydrogens is 318 g/mol. The van der Waals surface area contributed by atoms with Crippen LogP contribution in [0.1, 0.15) is 13.8 Å². The molecule has 2 aromatic rings. The highest BCUT2D eigenvalue weighted by molar-refractivity contribution is 9.09. The van der Waals surface area contributed by atoms with Gasteiger partial charge in [-0.25, -0.2) is 4.98 Å². The van der Waals surface area contributed by atoms with Gasteiger partial charge >= 0.3 is 0 Å². The van der Waals surface area contributed by atoms with Crippen LogP contribution in [0.5, 0.6) is 0 Å². The second kappa shape index (κ2) is 5.30. The maximum atomic E-state index is 6.03. The molecule has 3 rings (SSSR count). The van der Waals surface area contributed by atoms with Crippen LogP contribution in [0.2, 0.25) is 0 Å². The molecule has 1 aromatic heterocycles. The third-order valence-electron chi connectivity index (χ3n) is 3.41. The van der Waals surface area contributed by atoms with E-state index in [2.05, 4.69) is 39.7 Å². The van der Waals surface area contributed by atoms with Crippen LogP contribution in [-0.2, 0) is 4.74 Å². The van der Waals surface area contributed by atoms with Gasteiger partial charge in [-0.1, -0.05) is 28.1 Å². The summed E-state index contributed by atoms with van der Waals surface area (Å²) in [5, 5.41) is 0.827. The molecule has 1 aliphatic rings. The number of halogens is 1. The minimum absolute atomic E-state index is 0.173. The molecule has 20 heavy (non-hydrogen) atoms. The highest BCUT2D eigenvalue weighted by atomic mass is 79.9. The molecule has 1 atom stereocenters. The Kier molecular flexibility index (Phi) is 3.65. The summed E-state index contributed by atoms with van der Waals surface area (Å²) in [4.78, 5) is 11.5. The second-order valence-corrected chi connectivity index (χ2v) is 6.40. The lowest BCUT2D eigenvalue weighted by Crippen LogP contribution is -2.53. The van der Waals surface area contributed by atoms with Crippen LogP contribution in [0.3, 0.4) is 0 Å². The zero-order chi connectivity index (χ0) is 14.2. The number of para-hydroxylation sites is 2. The number of rotatable bonds is 2. The lowest BCUT2D eigenvalue weighted by Gasteiger charge is -2.42. The number of ether oxygens (including phenoxy) is 1. The minimum atomic E-state index is -0.177. The van der Waals surface area contributed by atoms with E-state index in [-0.39, 0.29) is 11.7 Å². The molecule has 1 unspecified atom stereocenters. The van der Waals surface area contributed by atoms with Crippen molar-refractivity contribution >= 4 is 32.8 Å². The van der Waals surface area contributed by atoms with E-state index in [0.717, 1.165) is 35.3 Å². The Balaban J connectivity index is 1.93. The smallest absolute Gasteiger partial charge is 0.148 e. The summed E-state index contributed by atoms with van der Waals surface area (Å²) in [5.74, 6) is 0.922. The summed E-state index contributed by atoms with van der Waals surface area (Å²) >= 11 is 3.51. The van der Waals surface area contributed by atoms with Crippen LogP contribution in [0, 0.1) is 0 Å². The Morgan fingerprint density at radius 3 is 2.85 bits per heavy atom. The van der Waals surface area contributed by atoms with Gasteiger partial charge in [0.05, 0.1) is 28.9 Å². The van der Waals surface area contributed by atoms with E-state index in [0.29, 0.717) is 0 Å². The third kappa shape index (κ3) is 2.79. The Hall–Kier alpha value is -1.20. The number of hydrogen-bond acceptors (Lipinski definition) is 4. The number of nitrogens with zero attached hydrogens (tertiary/aromatic N) is 3. The highest BCUT2D eigenvalue weighted by Gasteiger charge is 2.33. The van der Waals surface area contributed by atoms with Crippen molar-refractivity contribution in [3.05, 3.63) is 30.5 Å². The molecule has 4 nitrogen and oxygen atoms in total. The lowest BCUT2D eigenvalue weighted by atomic mass is 10.1. The number of fused-ring (bicyclic) bond motifs is 1. The molecule has 0 N–H and O–H groups in total. The molecule has 0 aliphatic carbocycles. The summed E-state index contributed by atoms with van der Waals surface area (Å²) in [6, 6.07) is 7.96. The molecule has 106 valence electrons. The minimum Gasteiger partial charge on any atom is -0.368 e. The SMILES string of the molecule is CC1(C)CN(c2cnc3ccccc3n2)CC(CBr)O1. The molecule has 1 aliphatic heterocycles. The Bertz CT molecular complexity index is 617. The van der Waals surface area contributed by atoms with Crippen molar-refractivity contribution in [3.8, 4) is 0 Å². The molecule has 0 spiro atoms. The topological polar surface area (TPSA) is 38.2 Å². The number of morpholine rings is 1. The van der Waals surface area contributed by atoms with Gasteiger partial charge in [0.25, 0.3) is 0 Å². The molecule has 1 fully saturated rings. The fourth-order valence-corrected chi connectivity index (χ4v) is 2.99. The molecule has 2 heterocycles. The van der Waals surface area contributed by atoms with Gasteiger partial charge in [0, 0.05) is 18.4 Å². The number of anilines is 1. The first-order valence-electron chi connectivity index (χ1n) is 6.78. The zero-order valence-corrected chi connectivity index (χ0v) is 13.3. The van der Waals surface area contributed by atoms with Crippen LogP contribution >= 0.6 is 15.9 Å². The van der Waals surface area contributed by atoms with E-state index < -0.39 is 0 Å². The van der Waals surface area contributed by atoms with E-state index >= 15 is 0 Å². The van der Waals surface area contributed by atoms with Gasteiger partial charge in [0.15, 0.2) is 0 Å². The Labute approximate surface area is 127 Å². The van der Waals surface area contributed by atoms with E-state index in [1.807, 2.05) is 30.5 Å². The lowest BCUT2D eigenvalue weighted by molar-refractivity contribution is -0.0725. The van der Waals surface area contributed by atoms with Crippen molar-refractivity contribution in [2.75, 3.05) is 23.3 Å². The third-order valence-corrected chi connectivity index (χ3v) is 4.14. The van der Waals surface area contributed by atoms with Gasteiger partial charge in [-0.15, -0.1) is 0 Å². The fraction of sp³-hybridized carbons (Fsp3) is 0.467. The average Bonchev–Trinajstić information content (AvgIpc) is 2.45. The first kappa shape index (κ1) is 13.8. The normalized spacial score (nSPS) is 22.1. The Morgan fingerprint density at radius 1 is 1.35 bits per heavy atom. The predicted octanol–water partition coefficient (Wildman–Crippen LogP) is 3.01. The summed E-state index contributed by atoms with van der Waals surface area (Å²) in [6.45, 7) is 5.89. The van der Waals surface area contributed by atoms with Crippen LogP contribution in [0.4, 0.5) is 5.82 Å². The van der Waals surface area contributed by atoms with Crippen molar-refractivity contribution in [2.45, 2.75) is 25.6 Å². The van der Waals surface area contributed by atoms with Crippen molar-refractivity contribution in [1.82, 2.24) is 9.97 Å². The first-order valence-corrected chi connectivity index (χ1v) is 7.90. The summed E-state index contributed by atoms with van der Waals surface area (Å²) in [7, 11) is 0. The van der Waals surface area contributed by atoms with Crippen LogP contribution in [0.15, 0.2) is 30.5 Å². The van der Waals surface area contributed by atoms with E-state index in [4.69, 9.17) is 9.72 Å². The molecule has 1 saturated heterocycles. The molecule has 0 radical (unpaired) electrons. The molecular formula is C15H18BrN3O. The number of aromatic nitrogens is 2. The summed E-state index contributed by atoms with van der Waals surface area (Å²) < 4.78 is 6.03.